The minimum atomic E-state index is -0.336. The fourth-order valence-electron chi connectivity index (χ4n) is 2.34. The third-order valence-electron chi connectivity index (χ3n) is 3.69. The Balaban J connectivity index is 2.16. The minimum absolute atomic E-state index is 0.129. The van der Waals surface area contributed by atoms with Gasteiger partial charge in [-0.25, -0.2) is 4.98 Å². The van der Waals surface area contributed by atoms with Crippen molar-refractivity contribution in [3.8, 4) is 11.5 Å². The molecule has 0 bridgehead atoms. The van der Waals surface area contributed by atoms with Crippen LogP contribution in [0.1, 0.15) is 15.2 Å². The number of carbonyl (C=O) groups is 2. The summed E-state index contributed by atoms with van der Waals surface area (Å²) < 4.78 is 15.5. The summed E-state index contributed by atoms with van der Waals surface area (Å²) in [6.07, 6.45) is 1.68. The quantitative estimate of drug-likeness (QED) is 0.702. The first-order valence-corrected chi connectivity index (χ1v) is 9.02. The van der Waals surface area contributed by atoms with Gasteiger partial charge in [-0.3, -0.25) is 9.59 Å². The SMILES string of the molecule is COCCN(CC(=O)Nc1ncc(C)s1)C(=O)c1ccc(OC)cc1OC. The molecule has 8 nitrogen and oxygen atoms in total. The maximum absolute atomic E-state index is 13.0. The Morgan fingerprint density at radius 2 is 2.00 bits per heavy atom. The molecule has 1 aromatic heterocycles. The fourth-order valence-corrected chi connectivity index (χ4v) is 3.02. The van der Waals surface area contributed by atoms with Gasteiger partial charge in [0.15, 0.2) is 5.13 Å². The predicted molar refractivity (Wildman–Crippen MR) is 103 cm³/mol. The number of amides is 2. The van der Waals surface area contributed by atoms with E-state index in [1.165, 1.54) is 37.6 Å². The number of nitrogens with zero attached hydrogens (tertiary/aromatic N) is 2. The van der Waals surface area contributed by atoms with Crippen molar-refractivity contribution in [1.82, 2.24) is 9.88 Å². The third kappa shape index (κ3) is 5.66. The smallest absolute Gasteiger partial charge is 0.258 e. The summed E-state index contributed by atoms with van der Waals surface area (Å²) in [6.45, 7) is 2.33. The molecular formula is C18H23N3O5S. The van der Waals surface area contributed by atoms with Crippen molar-refractivity contribution >= 4 is 28.3 Å². The van der Waals surface area contributed by atoms with Crippen LogP contribution in [0.5, 0.6) is 11.5 Å². The van der Waals surface area contributed by atoms with Crippen molar-refractivity contribution in [2.75, 3.05) is 46.3 Å². The van der Waals surface area contributed by atoms with Crippen LogP contribution in [-0.2, 0) is 9.53 Å². The van der Waals surface area contributed by atoms with Crippen LogP contribution in [0.2, 0.25) is 0 Å². The first-order valence-electron chi connectivity index (χ1n) is 8.21. The number of nitrogens with one attached hydrogen (secondary N) is 1. The first kappa shape index (κ1) is 20.7. The lowest BCUT2D eigenvalue weighted by Crippen LogP contribution is -2.40. The first-order chi connectivity index (χ1) is 13.0. The van der Waals surface area contributed by atoms with Gasteiger partial charge in [0.05, 0.1) is 26.4 Å². The Hall–Kier alpha value is -2.65. The molecule has 9 heteroatoms. The minimum Gasteiger partial charge on any atom is -0.497 e. The van der Waals surface area contributed by atoms with Crippen LogP contribution in [0.25, 0.3) is 0 Å². The van der Waals surface area contributed by atoms with E-state index in [9.17, 15) is 9.59 Å². The van der Waals surface area contributed by atoms with E-state index in [0.717, 1.165) is 4.88 Å². The van der Waals surface area contributed by atoms with E-state index in [-0.39, 0.29) is 24.9 Å². The maximum Gasteiger partial charge on any atom is 0.258 e. The van der Waals surface area contributed by atoms with Gasteiger partial charge in [0, 0.05) is 30.8 Å². The van der Waals surface area contributed by atoms with Crippen molar-refractivity contribution in [3.05, 3.63) is 34.8 Å². The number of hydrogen-bond acceptors (Lipinski definition) is 7. The molecule has 0 spiro atoms. The summed E-state index contributed by atoms with van der Waals surface area (Å²) in [7, 11) is 4.55. The second kappa shape index (κ2) is 9.89. The molecule has 0 aliphatic rings. The second-order valence-electron chi connectivity index (χ2n) is 5.61. The number of aromatic nitrogens is 1. The lowest BCUT2D eigenvalue weighted by atomic mass is 10.1. The molecule has 2 rings (SSSR count). The number of benzene rings is 1. The highest BCUT2D eigenvalue weighted by Crippen LogP contribution is 2.26. The van der Waals surface area contributed by atoms with Crippen molar-refractivity contribution in [1.29, 1.82) is 0 Å². The zero-order valence-corrected chi connectivity index (χ0v) is 16.6. The summed E-state index contributed by atoms with van der Waals surface area (Å²) in [5.41, 5.74) is 0.340. The number of rotatable bonds is 9. The molecular weight excluding hydrogens is 370 g/mol. The normalized spacial score (nSPS) is 10.4. The third-order valence-corrected chi connectivity index (χ3v) is 4.52. The molecule has 0 saturated heterocycles. The highest BCUT2D eigenvalue weighted by atomic mass is 32.1. The molecule has 0 radical (unpaired) electrons. The van der Waals surface area contributed by atoms with Crippen LogP contribution in [0.15, 0.2) is 24.4 Å². The average molecular weight is 393 g/mol. The molecule has 1 heterocycles. The Morgan fingerprint density at radius 3 is 2.59 bits per heavy atom. The lowest BCUT2D eigenvalue weighted by molar-refractivity contribution is -0.117. The molecule has 0 unspecified atom stereocenters. The number of aryl methyl sites for hydroxylation is 1. The van der Waals surface area contributed by atoms with Crippen molar-refractivity contribution < 1.29 is 23.8 Å². The van der Waals surface area contributed by atoms with E-state index in [1.807, 2.05) is 6.92 Å². The molecule has 1 aromatic carbocycles. The molecule has 1 N–H and O–H groups in total. The van der Waals surface area contributed by atoms with Crippen LogP contribution < -0.4 is 14.8 Å². The topological polar surface area (TPSA) is 90.0 Å². The number of thiazole rings is 1. The summed E-state index contributed by atoms with van der Waals surface area (Å²) in [6, 6.07) is 4.91. The van der Waals surface area contributed by atoms with E-state index < -0.39 is 0 Å². The van der Waals surface area contributed by atoms with Crippen LogP contribution in [0.3, 0.4) is 0 Å². The summed E-state index contributed by atoms with van der Waals surface area (Å²) in [4.78, 5) is 31.8. The molecule has 2 aromatic rings. The predicted octanol–water partition coefficient (Wildman–Crippen LogP) is 2.20. The van der Waals surface area contributed by atoms with E-state index >= 15 is 0 Å². The Labute approximate surface area is 162 Å². The van der Waals surface area contributed by atoms with Crippen LogP contribution in [-0.4, -0.2) is 62.7 Å². The van der Waals surface area contributed by atoms with Gasteiger partial charge in [-0.15, -0.1) is 11.3 Å². The molecule has 27 heavy (non-hydrogen) atoms. The summed E-state index contributed by atoms with van der Waals surface area (Å²) in [5, 5.41) is 3.20. The number of hydrogen-bond donors (Lipinski definition) is 1. The Kier molecular flexibility index (Phi) is 7.56. The van der Waals surface area contributed by atoms with Crippen LogP contribution in [0.4, 0.5) is 5.13 Å². The standard InChI is InChI=1S/C18H23N3O5S/c1-12-10-19-18(27-12)20-16(22)11-21(7-8-24-2)17(23)14-6-5-13(25-3)9-15(14)26-4/h5-6,9-10H,7-8,11H2,1-4H3,(H,19,20,22). The van der Waals surface area contributed by atoms with Crippen LogP contribution in [0, 0.1) is 6.92 Å². The van der Waals surface area contributed by atoms with Gasteiger partial charge in [0.1, 0.15) is 18.0 Å². The van der Waals surface area contributed by atoms with Gasteiger partial charge in [0.25, 0.3) is 5.91 Å². The van der Waals surface area contributed by atoms with E-state index in [4.69, 9.17) is 14.2 Å². The van der Waals surface area contributed by atoms with Gasteiger partial charge in [-0.1, -0.05) is 0 Å². The van der Waals surface area contributed by atoms with Gasteiger partial charge in [-0.05, 0) is 19.1 Å². The molecule has 0 aliphatic carbocycles. The van der Waals surface area contributed by atoms with Crippen molar-refractivity contribution in [2.24, 2.45) is 0 Å². The Bertz CT molecular complexity index is 793. The summed E-state index contributed by atoms with van der Waals surface area (Å²) >= 11 is 1.37. The molecule has 0 saturated carbocycles. The van der Waals surface area contributed by atoms with Gasteiger partial charge >= 0.3 is 0 Å². The highest BCUT2D eigenvalue weighted by Gasteiger charge is 2.22. The second-order valence-corrected chi connectivity index (χ2v) is 6.84. The van der Waals surface area contributed by atoms with Gasteiger partial charge < -0.3 is 24.4 Å². The van der Waals surface area contributed by atoms with Gasteiger partial charge in [0.2, 0.25) is 5.91 Å². The molecule has 0 atom stereocenters. The fraction of sp³-hybridized carbons (Fsp3) is 0.389. The average Bonchev–Trinajstić information content (AvgIpc) is 3.08. The van der Waals surface area contributed by atoms with Crippen molar-refractivity contribution in [2.45, 2.75) is 6.92 Å². The zero-order valence-electron chi connectivity index (χ0n) is 15.8. The van der Waals surface area contributed by atoms with Crippen LogP contribution >= 0.6 is 11.3 Å². The summed E-state index contributed by atoms with van der Waals surface area (Å²) in [5.74, 6) is 0.278. The monoisotopic (exact) mass is 393 g/mol. The van der Waals surface area contributed by atoms with Gasteiger partial charge in [-0.2, -0.15) is 0 Å². The maximum atomic E-state index is 13.0. The molecule has 0 aliphatic heterocycles. The number of ether oxygens (including phenoxy) is 3. The largest absolute Gasteiger partial charge is 0.497 e. The van der Waals surface area contributed by atoms with E-state index in [2.05, 4.69) is 10.3 Å². The zero-order chi connectivity index (χ0) is 19.8. The number of anilines is 1. The molecule has 146 valence electrons. The molecule has 0 fully saturated rings. The van der Waals surface area contributed by atoms with E-state index in [1.54, 1.807) is 24.4 Å². The Morgan fingerprint density at radius 1 is 1.22 bits per heavy atom. The van der Waals surface area contributed by atoms with Crippen molar-refractivity contribution in [3.63, 3.8) is 0 Å². The number of carbonyl (C=O) groups excluding carboxylic acids is 2. The number of methoxy groups -OCH3 is 3. The molecule has 2 amide bonds. The highest BCUT2D eigenvalue weighted by molar-refractivity contribution is 7.15. The lowest BCUT2D eigenvalue weighted by Gasteiger charge is -2.22. The van der Waals surface area contributed by atoms with E-state index in [0.29, 0.717) is 28.8 Å².